The highest BCUT2D eigenvalue weighted by Gasteiger charge is 2.29. The molecule has 1 aliphatic rings. The molecule has 5 nitrogen and oxygen atoms in total. The number of nitrogens with zero attached hydrogens (tertiary/aromatic N) is 2. The molecule has 3 aromatic rings. The monoisotopic (exact) mass is 383 g/mol. The Morgan fingerprint density at radius 3 is 2.63 bits per heavy atom. The summed E-state index contributed by atoms with van der Waals surface area (Å²) in [5.41, 5.74) is 4.91. The molecule has 2 heterocycles. The minimum absolute atomic E-state index is 0.345. The number of hydrogen-bond acceptors (Lipinski definition) is 3. The smallest absolute Gasteiger partial charge is 0.256 e. The molecule has 2 aromatic carbocycles. The summed E-state index contributed by atoms with van der Waals surface area (Å²) in [7, 11) is -1.01. The van der Waals surface area contributed by atoms with Crippen LogP contribution in [0, 0.1) is 19.7 Å². The van der Waals surface area contributed by atoms with Gasteiger partial charge in [0.2, 0.25) is 0 Å². The lowest BCUT2D eigenvalue weighted by Crippen LogP contribution is -2.17. The number of halogens is 1. The van der Waals surface area contributed by atoms with Crippen LogP contribution in [0.5, 0.6) is 0 Å². The molecular weight excluding hydrogens is 365 g/mol. The Morgan fingerprint density at radius 1 is 1.15 bits per heavy atom. The zero-order valence-electron chi connectivity index (χ0n) is 15.0. The number of benzene rings is 2. The van der Waals surface area contributed by atoms with Crippen molar-refractivity contribution in [1.29, 1.82) is 0 Å². The highest BCUT2D eigenvalue weighted by molar-refractivity contribution is 7.83. The van der Waals surface area contributed by atoms with Gasteiger partial charge in [-0.05, 0) is 55.3 Å². The zero-order chi connectivity index (χ0) is 19.1. The van der Waals surface area contributed by atoms with Gasteiger partial charge in [-0.1, -0.05) is 12.1 Å². The minimum Gasteiger partial charge on any atom is -0.306 e. The van der Waals surface area contributed by atoms with Crippen LogP contribution in [0.3, 0.4) is 0 Å². The number of amides is 1. The number of carbonyl (C=O) groups is 1. The van der Waals surface area contributed by atoms with E-state index in [4.69, 9.17) is 0 Å². The van der Waals surface area contributed by atoms with Gasteiger partial charge in [0, 0.05) is 21.9 Å². The number of carbonyl (C=O) groups excluding carboxylic acids is 1. The molecule has 0 radical (unpaired) electrons. The van der Waals surface area contributed by atoms with Gasteiger partial charge in [0.25, 0.3) is 5.91 Å². The van der Waals surface area contributed by atoms with Gasteiger partial charge in [-0.2, -0.15) is 5.10 Å². The van der Waals surface area contributed by atoms with E-state index >= 15 is 0 Å². The van der Waals surface area contributed by atoms with Crippen LogP contribution in [0.25, 0.3) is 5.69 Å². The number of fused-ring (bicyclic) bond motifs is 1. The van der Waals surface area contributed by atoms with Crippen molar-refractivity contribution < 1.29 is 13.4 Å². The van der Waals surface area contributed by atoms with Gasteiger partial charge in [-0.25, -0.2) is 9.07 Å². The molecule has 0 fully saturated rings. The van der Waals surface area contributed by atoms with E-state index in [1.165, 1.54) is 24.3 Å². The largest absolute Gasteiger partial charge is 0.306 e. The maximum Gasteiger partial charge on any atom is 0.256 e. The van der Waals surface area contributed by atoms with Crippen LogP contribution in [0.2, 0.25) is 0 Å². The molecule has 0 bridgehead atoms. The first-order valence-corrected chi connectivity index (χ1v) is 10.0. The highest BCUT2D eigenvalue weighted by Crippen LogP contribution is 2.32. The molecule has 138 valence electrons. The third-order valence-corrected chi connectivity index (χ3v) is 6.02. The second-order valence-electron chi connectivity index (χ2n) is 6.59. The van der Waals surface area contributed by atoms with Crippen LogP contribution in [0.15, 0.2) is 42.5 Å². The lowest BCUT2D eigenvalue weighted by Gasteiger charge is -2.14. The van der Waals surface area contributed by atoms with Gasteiger partial charge in [0.15, 0.2) is 0 Å². The predicted octanol–water partition coefficient (Wildman–Crippen LogP) is 3.64. The van der Waals surface area contributed by atoms with Crippen LogP contribution in [0.1, 0.15) is 32.7 Å². The summed E-state index contributed by atoms with van der Waals surface area (Å²) < 4.78 is 26.8. The molecule has 1 aromatic heterocycles. The Balaban J connectivity index is 1.79. The molecule has 0 unspecified atom stereocenters. The van der Waals surface area contributed by atoms with Crippen LogP contribution in [0.4, 0.5) is 10.2 Å². The van der Waals surface area contributed by atoms with Gasteiger partial charge in [0.05, 0.1) is 22.9 Å². The maximum absolute atomic E-state index is 13.1. The summed E-state index contributed by atoms with van der Waals surface area (Å²) in [5.74, 6) is 0.510. The average Bonchev–Trinajstić information content (AvgIpc) is 3.15. The predicted molar refractivity (Wildman–Crippen MR) is 103 cm³/mol. The molecule has 0 saturated heterocycles. The quantitative estimate of drug-likeness (QED) is 0.751. The number of anilines is 1. The van der Waals surface area contributed by atoms with Crippen molar-refractivity contribution in [1.82, 2.24) is 9.78 Å². The van der Waals surface area contributed by atoms with Gasteiger partial charge in [-0.3, -0.25) is 9.00 Å². The standard InChI is InChI=1S/C20H18FN3O2S/c1-12-4-3-5-18(13(12)2)24-19(16-10-27(26)11-17(16)23-24)22-20(25)14-6-8-15(21)9-7-14/h3-9H,10-11H2,1-2H3,(H,22,25)/t27-/m1/s1. The fraction of sp³-hybridized carbons (Fsp3) is 0.200. The lowest BCUT2D eigenvalue weighted by molar-refractivity contribution is 0.102. The van der Waals surface area contributed by atoms with Crippen LogP contribution in [-0.2, 0) is 22.3 Å². The second-order valence-corrected chi connectivity index (χ2v) is 8.05. The van der Waals surface area contributed by atoms with E-state index in [0.717, 1.165) is 28.1 Å². The van der Waals surface area contributed by atoms with Crippen molar-refractivity contribution in [3.8, 4) is 5.69 Å². The van der Waals surface area contributed by atoms with E-state index in [1.54, 1.807) is 4.68 Å². The third-order valence-electron chi connectivity index (χ3n) is 4.81. The maximum atomic E-state index is 13.1. The molecule has 1 aliphatic heterocycles. The van der Waals surface area contributed by atoms with Crippen molar-refractivity contribution in [3.05, 3.63) is 76.2 Å². The molecule has 1 atom stereocenters. The second kappa shape index (κ2) is 6.74. The summed E-state index contributed by atoms with van der Waals surface area (Å²) in [4.78, 5) is 12.7. The lowest BCUT2D eigenvalue weighted by atomic mass is 10.1. The molecule has 0 spiro atoms. The van der Waals surface area contributed by atoms with Gasteiger partial charge < -0.3 is 5.32 Å². The van der Waals surface area contributed by atoms with Gasteiger partial charge >= 0.3 is 0 Å². The van der Waals surface area contributed by atoms with E-state index in [0.29, 0.717) is 22.9 Å². The first kappa shape index (κ1) is 17.6. The number of aryl methyl sites for hydroxylation is 1. The molecule has 27 heavy (non-hydrogen) atoms. The van der Waals surface area contributed by atoms with E-state index in [2.05, 4.69) is 10.4 Å². The minimum atomic E-state index is -1.01. The summed E-state index contributed by atoms with van der Waals surface area (Å²) >= 11 is 0. The number of rotatable bonds is 3. The van der Waals surface area contributed by atoms with Gasteiger partial charge in [0.1, 0.15) is 11.6 Å². The highest BCUT2D eigenvalue weighted by atomic mass is 32.2. The Labute approximate surface area is 158 Å². The Hall–Kier alpha value is -2.80. The van der Waals surface area contributed by atoms with Crippen molar-refractivity contribution in [2.45, 2.75) is 25.4 Å². The van der Waals surface area contributed by atoms with E-state index in [-0.39, 0.29) is 5.91 Å². The number of nitrogens with one attached hydrogen (secondary N) is 1. The van der Waals surface area contributed by atoms with E-state index < -0.39 is 16.6 Å². The zero-order valence-corrected chi connectivity index (χ0v) is 15.8. The average molecular weight is 383 g/mol. The first-order valence-electron chi connectivity index (χ1n) is 8.53. The molecule has 7 heteroatoms. The van der Waals surface area contributed by atoms with Crippen molar-refractivity contribution in [2.24, 2.45) is 0 Å². The number of hydrogen-bond donors (Lipinski definition) is 1. The van der Waals surface area contributed by atoms with Gasteiger partial charge in [-0.15, -0.1) is 0 Å². The van der Waals surface area contributed by atoms with Crippen molar-refractivity contribution in [3.63, 3.8) is 0 Å². The summed E-state index contributed by atoms with van der Waals surface area (Å²) in [6.45, 7) is 4.02. The third kappa shape index (κ3) is 3.19. The summed E-state index contributed by atoms with van der Waals surface area (Å²) in [6.07, 6.45) is 0. The fourth-order valence-corrected chi connectivity index (χ4v) is 4.44. The Morgan fingerprint density at radius 2 is 1.89 bits per heavy atom. The molecular formula is C20H18FN3O2S. The molecule has 1 N–H and O–H groups in total. The van der Waals surface area contributed by atoms with Crippen molar-refractivity contribution >= 4 is 22.5 Å². The molecule has 4 rings (SSSR count). The van der Waals surface area contributed by atoms with Crippen LogP contribution >= 0.6 is 0 Å². The van der Waals surface area contributed by atoms with E-state index in [9.17, 15) is 13.4 Å². The Bertz CT molecular complexity index is 1070. The number of aromatic nitrogens is 2. The fourth-order valence-electron chi connectivity index (χ4n) is 3.18. The van der Waals surface area contributed by atoms with Crippen molar-refractivity contribution in [2.75, 3.05) is 5.32 Å². The molecule has 0 aliphatic carbocycles. The summed E-state index contributed by atoms with van der Waals surface area (Å²) in [6, 6.07) is 11.3. The van der Waals surface area contributed by atoms with Crippen LogP contribution in [-0.4, -0.2) is 19.9 Å². The Kier molecular flexibility index (Phi) is 4.39. The SMILES string of the molecule is Cc1cccc(-n2nc3c(c2NC(=O)c2ccc(F)cc2)C[S@@](=O)C3)c1C. The first-order chi connectivity index (χ1) is 12.9. The van der Waals surface area contributed by atoms with Crippen LogP contribution < -0.4 is 5.32 Å². The normalized spacial score (nSPS) is 15.6. The molecule has 1 amide bonds. The molecule has 0 saturated carbocycles. The van der Waals surface area contributed by atoms with E-state index in [1.807, 2.05) is 32.0 Å². The summed E-state index contributed by atoms with van der Waals surface area (Å²) in [5, 5.41) is 7.52. The topological polar surface area (TPSA) is 64.0 Å².